The average molecular weight is 313 g/mol. The van der Waals surface area contributed by atoms with Crippen LogP contribution >= 0.6 is 0 Å². The van der Waals surface area contributed by atoms with Crippen LogP contribution in [-0.2, 0) is 19.4 Å². The Hall–Kier alpha value is -1.89. The van der Waals surface area contributed by atoms with Crippen LogP contribution in [0.1, 0.15) is 18.9 Å². The highest BCUT2D eigenvalue weighted by Gasteiger charge is 2.29. The van der Waals surface area contributed by atoms with Crippen LogP contribution in [0.3, 0.4) is 0 Å². The van der Waals surface area contributed by atoms with E-state index in [9.17, 15) is 18.0 Å². The zero-order valence-electron chi connectivity index (χ0n) is 12.2. The van der Waals surface area contributed by atoms with Crippen molar-refractivity contribution in [3.05, 3.63) is 29.8 Å². The third kappa shape index (κ3) is 4.86. The van der Waals surface area contributed by atoms with Crippen molar-refractivity contribution in [3.8, 4) is 0 Å². The van der Waals surface area contributed by atoms with Gasteiger partial charge in [0.25, 0.3) is 0 Å². The molecule has 0 heterocycles. The Labute approximate surface area is 124 Å². The van der Waals surface area contributed by atoms with Crippen molar-refractivity contribution in [1.29, 1.82) is 0 Å². The molecular formula is C14H19NO5S. The van der Waals surface area contributed by atoms with Crippen LogP contribution in [-0.4, -0.2) is 43.5 Å². The van der Waals surface area contributed by atoms with Crippen LogP contribution in [0.5, 0.6) is 0 Å². The van der Waals surface area contributed by atoms with Crippen LogP contribution in [0.15, 0.2) is 24.3 Å². The molecule has 21 heavy (non-hydrogen) atoms. The summed E-state index contributed by atoms with van der Waals surface area (Å²) in [5, 5.41) is 7.56. The maximum atomic E-state index is 12.3. The molecule has 1 N–H and O–H groups in total. The summed E-state index contributed by atoms with van der Waals surface area (Å²) in [7, 11) is -3.54. The molecule has 0 aromatic heterocycles. The number of benzene rings is 1. The fraction of sp³-hybridized carbons (Fsp3) is 0.429. The van der Waals surface area contributed by atoms with Crippen LogP contribution < -0.4 is 4.90 Å². The van der Waals surface area contributed by atoms with Crippen molar-refractivity contribution in [2.45, 2.75) is 25.5 Å². The van der Waals surface area contributed by atoms with Gasteiger partial charge in [0.2, 0.25) is 5.91 Å². The van der Waals surface area contributed by atoms with Gasteiger partial charge in [0.05, 0.1) is 6.42 Å². The van der Waals surface area contributed by atoms with Crippen molar-refractivity contribution in [3.63, 3.8) is 0 Å². The number of nitrogens with zero attached hydrogens (tertiary/aromatic N) is 1. The lowest BCUT2D eigenvalue weighted by Gasteiger charge is -2.25. The molecule has 0 radical (unpaired) electrons. The van der Waals surface area contributed by atoms with Gasteiger partial charge in [-0.3, -0.25) is 9.59 Å². The van der Waals surface area contributed by atoms with Crippen LogP contribution in [0, 0.1) is 6.92 Å². The number of hydrogen-bond donors (Lipinski definition) is 1. The molecule has 0 saturated heterocycles. The molecule has 0 bridgehead atoms. The Balaban J connectivity index is 3.10. The van der Waals surface area contributed by atoms with E-state index in [0.717, 1.165) is 11.8 Å². The molecule has 1 atom stereocenters. The van der Waals surface area contributed by atoms with Gasteiger partial charge in [-0.05, 0) is 26.0 Å². The van der Waals surface area contributed by atoms with Crippen molar-refractivity contribution in [2.24, 2.45) is 0 Å². The Morgan fingerprint density at radius 2 is 1.76 bits per heavy atom. The number of carbonyl (C=O) groups is 2. The minimum Gasteiger partial charge on any atom is -0.481 e. The minimum atomic E-state index is -3.54. The van der Waals surface area contributed by atoms with Gasteiger partial charge in [-0.15, -0.1) is 0 Å². The number of amides is 1. The molecule has 6 nitrogen and oxygen atoms in total. The van der Waals surface area contributed by atoms with E-state index in [1.54, 1.807) is 24.3 Å². The Morgan fingerprint density at radius 1 is 1.24 bits per heavy atom. The zero-order valence-corrected chi connectivity index (χ0v) is 13.1. The molecule has 0 aliphatic rings. The van der Waals surface area contributed by atoms with Gasteiger partial charge in [-0.25, -0.2) is 8.42 Å². The summed E-state index contributed by atoms with van der Waals surface area (Å²) >= 11 is 0. The van der Waals surface area contributed by atoms with E-state index < -0.39 is 27.0 Å². The van der Waals surface area contributed by atoms with E-state index in [0.29, 0.717) is 5.69 Å². The first-order chi connectivity index (χ1) is 9.62. The summed E-state index contributed by atoms with van der Waals surface area (Å²) in [6.07, 6.45) is 0.732. The second-order valence-corrected chi connectivity index (χ2v) is 7.31. The predicted molar refractivity (Wildman–Crippen MR) is 80.1 cm³/mol. The summed E-state index contributed by atoms with van der Waals surface area (Å²) in [6, 6.07) is 6.90. The van der Waals surface area contributed by atoms with E-state index in [2.05, 4.69) is 0 Å². The van der Waals surface area contributed by atoms with Crippen LogP contribution in [0.25, 0.3) is 0 Å². The molecule has 0 aliphatic heterocycles. The first-order valence-electron chi connectivity index (χ1n) is 6.41. The van der Waals surface area contributed by atoms with E-state index >= 15 is 0 Å². The van der Waals surface area contributed by atoms with Crippen molar-refractivity contribution in [2.75, 3.05) is 17.7 Å². The molecule has 1 unspecified atom stereocenters. The quantitative estimate of drug-likeness (QED) is 0.853. The monoisotopic (exact) mass is 313 g/mol. The topological polar surface area (TPSA) is 91.8 Å². The second-order valence-electron chi connectivity index (χ2n) is 4.94. The number of rotatable bonds is 6. The summed E-state index contributed by atoms with van der Waals surface area (Å²) in [6.45, 7) is 3.11. The Kier molecular flexibility index (Phi) is 5.48. The second kappa shape index (κ2) is 6.71. The normalized spacial score (nSPS) is 12.7. The van der Waals surface area contributed by atoms with E-state index in [1.165, 1.54) is 11.8 Å². The van der Waals surface area contributed by atoms with Crippen molar-refractivity contribution < 1.29 is 23.1 Å². The molecule has 0 fully saturated rings. The third-order valence-electron chi connectivity index (χ3n) is 3.15. The molecular weight excluding hydrogens is 294 g/mol. The summed E-state index contributed by atoms with van der Waals surface area (Å²) in [4.78, 5) is 24.3. The fourth-order valence-electron chi connectivity index (χ4n) is 1.70. The summed E-state index contributed by atoms with van der Waals surface area (Å²) in [5.41, 5.74) is 1.47. The van der Waals surface area contributed by atoms with Gasteiger partial charge in [-0.1, -0.05) is 17.7 Å². The molecule has 1 aromatic carbocycles. The Morgan fingerprint density at radius 3 is 2.19 bits per heavy atom. The highest BCUT2D eigenvalue weighted by Crippen LogP contribution is 2.18. The smallest absolute Gasteiger partial charge is 0.305 e. The zero-order chi connectivity index (χ0) is 16.2. The molecule has 0 aliphatic carbocycles. The average Bonchev–Trinajstić information content (AvgIpc) is 2.38. The van der Waals surface area contributed by atoms with Crippen LogP contribution in [0.2, 0.25) is 0 Å². The number of carbonyl (C=O) groups excluding carboxylic acids is 1. The number of hydrogen-bond acceptors (Lipinski definition) is 4. The highest BCUT2D eigenvalue weighted by molar-refractivity contribution is 7.92. The van der Waals surface area contributed by atoms with Gasteiger partial charge < -0.3 is 10.0 Å². The maximum absolute atomic E-state index is 12.3. The number of aliphatic carboxylic acids is 1. The first kappa shape index (κ1) is 17.2. The lowest BCUT2D eigenvalue weighted by atomic mass is 10.2. The Bertz CT molecular complexity index is 621. The molecule has 1 aromatic rings. The summed E-state index contributed by atoms with van der Waals surface area (Å²) < 4.78 is 23.1. The molecule has 1 amide bonds. The van der Waals surface area contributed by atoms with Gasteiger partial charge in [0.1, 0.15) is 5.25 Å². The van der Waals surface area contributed by atoms with Gasteiger partial charge in [0.15, 0.2) is 9.84 Å². The predicted octanol–water partition coefficient (Wildman–Crippen LogP) is 1.24. The van der Waals surface area contributed by atoms with E-state index in [1.807, 2.05) is 6.92 Å². The maximum Gasteiger partial charge on any atom is 0.305 e. The first-order valence-corrected chi connectivity index (χ1v) is 8.37. The van der Waals surface area contributed by atoms with Crippen molar-refractivity contribution >= 4 is 27.4 Å². The molecule has 116 valence electrons. The minimum absolute atomic E-state index is 0.0723. The number of anilines is 1. The SMILES string of the molecule is Cc1ccc(N(CCC(=O)O)C(=O)C(C)S(C)(=O)=O)cc1. The third-order valence-corrected chi connectivity index (χ3v) is 4.64. The van der Waals surface area contributed by atoms with Gasteiger partial charge in [0, 0.05) is 18.5 Å². The number of sulfone groups is 1. The van der Waals surface area contributed by atoms with E-state index in [4.69, 9.17) is 5.11 Å². The van der Waals surface area contributed by atoms with E-state index in [-0.39, 0.29) is 13.0 Å². The van der Waals surface area contributed by atoms with Gasteiger partial charge in [-0.2, -0.15) is 0 Å². The van der Waals surface area contributed by atoms with Crippen molar-refractivity contribution in [1.82, 2.24) is 0 Å². The lowest BCUT2D eigenvalue weighted by molar-refractivity contribution is -0.136. The van der Waals surface area contributed by atoms with Gasteiger partial charge >= 0.3 is 5.97 Å². The molecule has 7 heteroatoms. The van der Waals surface area contributed by atoms with Crippen LogP contribution in [0.4, 0.5) is 5.69 Å². The summed E-state index contributed by atoms with van der Waals surface area (Å²) in [5.74, 6) is -1.67. The number of carboxylic acids is 1. The highest BCUT2D eigenvalue weighted by atomic mass is 32.2. The molecule has 1 rings (SSSR count). The molecule has 0 spiro atoms. The lowest BCUT2D eigenvalue weighted by Crippen LogP contribution is -2.42. The fourth-order valence-corrected chi connectivity index (χ4v) is 2.19. The standard InChI is InChI=1S/C14H19NO5S/c1-10-4-6-12(7-5-10)15(9-8-13(16)17)14(18)11(2)21(3,19)20/h4-7,11H,8-9H2,1-3H3,(H,16,17). The number of carboxylic acid groups (broad SMARTS) is 1. The molecule has 0 saturated carbocycles. The number of aryl methyl sites for hydroxylation is 1. The largest absolute Gasteiger partial charge is 0.481 e.